The van der Waals surface area contributed by atoms with Crippen LogP contribution in [0.4, 0.5) is 0 Å². The normalized spacial score (nSPS) is 12.9. The van der Waals surface area contributed by atoms with Crippen molar-refractivity contribution < 1.29 is 5.11 Å². The van der Waals surface area contributed by atoms with Crippen LogP contribution in [0.2, 0.25) is 0 Å². The monoisotopic (exact) mass is 218 g/mol. The summed E-state index contributed by atoms with van der Waals surface area (Å²) in [5.41, 5.74) is -0.148. The third-order valence-corrected chi connectivity index (χ3v) is 2.62. The zero-order valence-electron chi connectivity index (χ0n) is 9.13. The maximum Gasteiger partial charge on any atom is 0.274 e. The van der Waals surface area contributed by atoms with Crippen molar-refractivity contribution in [2.45, 2.75) is 26.0 Å². The molecule has 2 rings (SSSR count). The Bertz CT molecular complexity index is 548. The van der Waals surface area contributed by atoms with E-state index in [1.54, 1.807) is 12.3 Å². The molecule has 0 aliphatic rings. The number of benzene rings is 1. The first-order chi connectivity index (χ1) is 7.72. The van der Waals surface area contributed by atoms with Gasteiger partial charge in [-0.15, -0.1) is 0 Å². The van der Waals surface area contributed by atoms with Gasteiger partial charge in [0.1, 0.15) is 0 Å². The van der Waals surface area contributed by atoms with Crippen molar-refractivity contribution in [3.05, 3.63) is 40.8 Å². The summed E-state index contributed by atoms with van der Waals surface area (Å²) < 4.78 is 1.32. The van der Waals surface area contributed by atoms with Gasteiger partial charge >= 0.3 is 0 Å². The summed E-state index contributed by atoms with van der Waals surface area (Å²) in [7, 11) is 0. The van der Waals surface area contributed by atoms with Gasteiger partial charge in [0.2, 0.25) is 0 Å². The zero-order valence-corrected chi connectivity index (χ0v) is 9.13. The number of aliphatic hydroxyl groups excluding tert-OH is 1. The number of fused-ring (bicyclic) bond motifs is 1. The second-order valence-corrected chi connectivity index (χ2v) is 3.78. The van der Waals surface area contributed by atoms with Crippen LogP contribution >= 0.6 is 0 Å². The highest BCUT2D eigenvalue weighted by atomic mass is 16.3. The van der Waals surface area contributed by atoms with Gasteiger partial charge in [-0.05, 0) is 12.5 Å². The average Bonchev–Trinajstić information content (AvgIpc) is 2.33. The Balaban J connectivity index is 2.49. The van der Waals surface area contributed by atoms with Crippen LogP contribution in [0.25, 0.3) is 10.8 Å². The fraction of sp³-hybridized carbons (Fsp3) is 0.333. The van der Waals surface area contributed by atoms with Crippen LogP contribution in [-0.4, -0.2) is 21.0 Å². The van der Waals surface area contributed by atoms with E-state index in [4.69, 9.17) is 0 Å². The molecule has 1 unspecified atom stereocenters. The Morgan fingerprint density at radius 3 is 2.94 bits per heavy atom. The Morgan fingerprint density at radius 2 is 2.19 bits per heavy atom. The Kier molecular flexibility index (Phi) is 3.01. The van der Waals surface area contributed by atoms with E-state index in [1.807, 2.05) is 25.1 Å². The van der Waals surface area contributed by atoms with Crippen molar-refractivity contribution in [1.82, 2.24) is 9.78 Å². The van der Waals surface area contributed by atoms with E-state index < -0.39 is 6.10 Å². The topological polar surface area (TPSA) is 55.1 Å². The molecular weight excluding hydrogens is 204 g/mol. The summed E-state index contributed by atoms with van der Waals surface area (Å²) in [6, 6.07) is 7.32. The van der Waals surface area contributed by atoms with Crippen LogP contribution in [0, 0.1) is 0 Å². The van der Waals surface area contributed by atoms with Gasteiger partial charge < -0.3 is 5.11 Å². The molecule has 0 fully saturated rings. The molecule has 4 nitrogen and oxygen atoms in total. The van der Waals surface area contributed by atoms with Gasteiger partial charge in [-0.2, -0.15) is 5.10 Å². The van der Waals surface area contributed by atoms with E-state index in [2.05, 4.69) is 5.10 Å². The molecule has 0 radical (unpaired) electrons. The van der Waals surface area contributed by atoms with E-state index in [0.717, 1.165) is 5.39 Å². The molecule has 1 aromatic heterocycles. The Morgan fingerprint density at radius 1 is 1.44 bits per heavy atom. The molecule has 1 aromatic carbocycles. The lowest BCUT2D eigenvalue weighted by atomic mass is 10.2. The van der Waals surface area contributed by atoms with Crippen LogP contribution < -0.4 is 5.56 Å². The van der Waals surface area contributed by atoms with Crippen molar-refractivity contribution >= 4 is 10.8 Å². The fourth-order valence-electron chi connectivity index (χ4n) is 1.59. The van der Waals surface area contributed by atoms with Gasteiger partial charge in [0.25, 0.3) is 5.56 Å². The maximum absolute atomic E-state index is 12.0. The number of rotatable bonds is 3. The quantitative estimate of drug-likeness (QED) is 0.841. The summed E-state index contributed by atoms with van der Waals surface area (Å²) in [5.74, 6) is 0. The number of nitrogens with zero attached hydrogens (tertiary/aromatic N) is 2. The molecule has 0 aliphatic heterocycles. The predicted molar refractivity (Wildman–Crippen MR) is 62.3 cm³/mol. The first-order valence-electron chi connectivity index (χ1n) is 5.35. The minimum absolute atomic E-state index is 0.148. The van der Waals surface area contributed by atoms with Gasteiger partial charge in [0, 0.05) is 5.39 Å². The molecule has 1 N–H and O–H groups in total. The molecule has 0 spiro atoms. The lowest BCUT2D eigenvalue weighted by molar-refractivity contribution is 0.143. The molecule has 0 amide bonds. The summed E-state index contributed by atoms with van der Waals surface area (Å²) >= 11 is 0. The first-order valence-corrected chi connectivity index (χ1v) is 5.35. The molecule has 0 saturated carbocycles. The third-order valence-electron chi connectivity index (χ3n) is 2.62. The molecular formula is C12H14N2O2. The number of aliphatic hydroxyl groups is 1. The first kappa shape index (κ1) is 10.8. The summed E-state index contributed by atoms with van der Waals surface area (Å²) in [5, 5.41) is 15.0. The molecule has 1 heterocycles. The van der Waals surface area contributed by atoms with Crippen LogP contribution in [0.5, 0.6) is 0 Å². The SMILES string of the molecule is CCC(O)Cn1ncc2ccccc2c1=O. The lowest BCUT2D eigenvalue weighted by Crippen LogP contribution is -2.28. The van der Waals surface area contributed by atoms with Crippen molar-refractivity contribution in [2.24, 2.45) is 0 Å². The highest BCUT2D eigenvalue weighted by Crippen LogP contribution is 2.06. The van der Waals surface area contributed by atoms with Gasteiger partial charge in [-0.3, -0.25) is 4.79 Å². The molecule has 0 bridgehead atoms. The molecule has 1 atom stereocenters. The van der Waals surface area contributed by atoms with E-state index in [1.165, 1.54) is 4.68 Å². The molecule has 0 aliphatic carbocycles. The number of hydrogen-bond acceptors (Lipinski definition) is 3. The number of hydrogen-bond donors (Lipinski definition) is 1. The van der Waals surface area contributed by atoms with Crippen LogP contribution in [0.3, 0.4) is 0 Å². The maximum atomic E-state index is 12.0. The van der Waals surface area contributed by atoms with E-state index >= 15 is 0 Å². The summed E-state index contributed by atoms with van der Waals surface area (Å²) in [4.78, 5) is 12.0. The highest BCUT2D eigenvalue weighted by Gasteiger charge is 2.07. The minimum atomic E-state index is -0.522. The Labute approximate surface area is 93.1 Å². The summed E-state index contributed by atoms with van der Waals surface area (Å²) in [6.45, 7) is 2.12. The van der Waals surface area contributed by atoms with Crippen molar-refractivity contribution in [3.63, 3.8) is 0 Å². The van der Waals surface area contributed by atoms with Crippen molar-refractivity contribution in [1.29, 1.82) is 0 Å². The van der Waals surface area contributed by atoms with Gasteiger partial charge in [-0.1, -0.05) is 25.1 Å². The Hall–Kier alpha value is -1.68. The average molecular weight is 218 g/mol. The van der Waals surface area contributed by atoms with Crippen LogP contribution in [-0.2, 0) is 6.54 Å². The molecule has 84 valence electrons. The lowest BCUT2D eigenvalue weighted by Gasteiger charge is -2.09. The fourth-order valence-corrected chi connectivity index (χ4v) is 1.59. The molecule has 2 aromatic rings. The molecule has 4 heteroatoms. The molecule has 0 saturated heterocycles. The van der Waals surface area contributed by atoms with Gasteiger partial charge in [0.15, 0.2) is 0 Å². The number of aromatic nitrogens is 2. The standard InChI is InChI=1S/C12H14N2O2/c1-2-10(15)8-14-12(16)11-6-4-3-5-9(11)7-13-14/h3-7,10,15H,2,8H2,1H3. The molecule has 16 heavy (non-hydrogen) atoms. The zero-order chi connectivity index (χ0) is 11.5. The van der Waals surface area contributed by atoms with E-state index in [-0.39, 0.29) is 12.1 Å². The largest absolute Gasteiger partial charge is 0.391 e. The highest BCUT2D eigenvalue weighted by molar-refractivity contribution is 5.80. The van der Waals surface area contributed by atoms with Crippen molar-refractivity contribution in [3.8, 4) is 0 Å². The predicted octanol–water partition coefficient (Wildman–Crippen LogP) is 1.17. The second kappa shape index (κ2) is 4.45. The van der Waals surface area contributed by atoms with Crippen molar-refractivity contribution in [2.75, 3.05) is 0 Å². The second-order valence-electron chi connectivity index (χ2n) is 3.78. The van der Waals surface area contributed by atoms with Gasteiger partial charge in [-0.25, -0.2) is 4.68 Å². The van der Waals surface area contributed by atoms with E-state index in [9.17, 15) is 9.90 Å². The third kappa shape index (κ3) is 1.97. The minimum Gasteiger partial charge on any atom is -0.391 e. The van der Waals surface area contributed by atoms with Crippen LogP contribution in [0.1, 0.15) is 13.3 Å². The van der Waals surface area contributed by atoms with Gasteiger partial charge in [0.05, 0.1) is 24.2 Å². The van der Waals surface area contributed by atoms with E-state index in [0.29, 0.717) is 11.8 Å². The smallest absolute Gasteiger partial charge is 0.274 e. The van der Waals surface area contributed by atoms with Crippen LogP contribution in [0.15, 0.2) is 35.3 Å². The summed E-state index contributed by atoms with van der Waals surface area (Å²) in [6.07, 6.45) is 1.74.